The van der Waals surface area contributed by atoms with Gasteiger partial charge in [-0.05, 0) is 24.6 Å². The molecule has 0 fully saturated rings. The third-order valence-corrected chi connectivity index (χ3v) is 4.92. The molecule has 1 atom stereocenters. The molecule has 0 aliphatic carbocycles. The molecule has 0 bridgehead atoms. The van der Waals surface area contributed by atoms with E-state index in [2.05, 4.69) is 15.0 Å². The molecular weight excluding hydrogens is 344 g/mol. The summed E-state index contributed by atoms with van der Waals surface area (Å²) in [7, 11) is 1.74. The van der Waals surface area contributed by atoms with Gasteiger partial charge in [-0.3, -0.25) is 4.79 Å². The highest BCUT2D eigenvalue weighted by Gasteiger charge is 2.23. The van der Waals surface area contributed by atoms with Crippen LogP contribution in [0, 0.1) is 0 Å². The Morgan fingerprint density at radius 3 is 2.62 bits per heavy atom. The van der Waals surface area contributed by atoms with Gasteiger partial charge in [0.05, 0.1) is 6.04 Å². The van der Waals surface area contributed by atoms with Crippen LogP contribution >= 0.6 is 22.9 Å². The molecule has 2 heterocycles. The third kappa shape index (κ3) is 3.29. The van der Waals surface area contributed by atoms with E-state index in [4.69, 9.17) is 11.6 Å². The number of benzene rings is 1. The van der Waals surface area contributed by atoms with Crippen molar-refractivity contribution < 1.29 is 4.79 Å². The lowest BCUT2D eigenvalue weighted by atomic mass is 10.1. The standard InChI is InChI=1S/C17H15ClN4OS/c1-11(12-6-3-4-7-13(12)18)22(2)17(23)14-10-24-16(21-14)15-19-8-5-9-20-15/h3-11H,1-2H3. The number of hydrogen-bond donors (Lipinski definition) is 0. The van der Waals surface area contributed by atoms with Crippen LogP contribution in [0.3, 0.4) is 0 Å². The molecule has 3 rings (SSSR count). The molecule has 0 radical (unpaired) electrons. The second kappa shape index (κ2) is 7.07. The number of nitrogens with zero attached hydrogens (tertiary/aromatic N) is 4. The van der Waals surface area contributed by atoms with Gasteiger partial charge in [0.1, 0.15) is 5.69 Å². The minimum absolute atomic E-state index is 0.163. The summed E-state index contributed by atoms with van der Waals surface area (Å²) in [6.45, 7) is 1.94. The van der Waals surface area contributed by atoms with Crippen molar-refractivity contribution in [3.05, 3.63) is 64.4 Å². The summed E-state index contributed by atoms with van der Waals surface area (Å²) in [4.78, 5) is 27.0. The molecule has 0 saturated heterocycles. The molecule has 2 aromatic heterocycles. The Kier molecular flexibility index (Phi) is 4.87. The van der Waals surface area contributed by atoms with Gasteiger partial charge in [-0.1, -0.05) is 29.8 Å². The van der Waals surface area contributed by atoms with Gasteiger partial charge < -0.3 is 4.90 Å². The van der Waals surface area contributed by atoms with Gasteiger partial charge in [-0.15, -0.1) is 11.3 Å². The molecule has 5 nitrogen and oxygen atoms in total. The molecule has 0 spiro atoms. The zero-order valence-electron chi connectivity index (χ0n) is 13.2. The number of aromatic nitrogens is 3. The zero-order valence-corrected chi connectivity index (χ0v) is 14.8. The quantitative estimate of drug-likeness (QED) is 0.704. The fourth-order valence-electron chi connectivity index (χ4n) is 2.26. The maximum absolute atomic E-state index is 12.7. The van der Waals surface area contributed by atoms with E-state index >= 15 is 0 Å². The molecule has 3 aromatic rings. The number of carbonyl (C=O) groups is 1. The Balaban J connectivity index is 1.82. The molecular formula is C17H15ClN4OS. The predicted molar refractivity (Wildman–Crippen MR) is 95.1 cm³/mol. The minimum atomic E-state index is -0.166. The summed E-state index contributed by atoms with van der Waals surface area (Å²) < 4.78 is 0. The van der Waals surface area contributed by atoms with Crippen LogP contribution in [0.1, 0.15) is 29.0 Å². The number of hydrogen-bond acceptors (Lipinski definition) is 5. The van der Waals surface area contributed by atoms with Gasteiger partial charge in [0.15, 0.2) is 10.8 Å². The summed E-state index contributed by atoms with van der Waals surface area (Å²) >= 11 is 7.58. The monoisotopic (exact) mass is 358 g/mol. The summed E-state index contributed by atoms with van der Waals surface area (Å²) in [5, 5.41) is 2.99. The van der Waals surface area contributed by atoms with Crippen molar-refractivity contribution in [1.29, 1.82) is 0 Å². The lowest BCUT2D eigenvalue weighted by Crippen LogP contribution is -2.30. The van der Waals surface area contributed by atoms with E-state index in [1.807, 2.05) is 31.2 Å². The molecule has 0 N–H and O–H groups in total. The van der Waals surface area contributed by atoms with E-state index in [1.54, 1.807) is 35.8 Å². The first-order chi connectivity index (χ1) is 11.6. The highest BCUT2D eigenvalue weighted by Crippen LogP contribution is 2.28. The van der Waals surface area contributed by atoms with E-state index in [1.165, 1.54) is 11.3 Å². The highest BCUT2D eigenvalue weighted by molar-refractivity contribution is 7.13. The molecule has 0 saturated carbocycles. The third-order valence-electron chi connectivity index (χ3n) is 3.74. The summed E-state index contributed by atoms with van der Waals surface area (Å²) in [5.74, 6) is 0.351. The van der Waals surface area contributed by atoms with Gasteiger partial charge in [-0.25, -0.2) is 15.0 Å². The number of halogens is 1. The molecule has 122 valence electrons. The van der Waals surface area contributed by atoms with Crippen molar-refractivity contribution in [3.63, 3.8) is 0 Å². The van der Waals surface area contributed by atoms with Crippen LogP contribution in [0.2, 0.25) is 5.02 Å². The van der Waals surface area contributed by atoms with Crippen molar-refractivity contribution >= 4 is 28.8 Å². The maximum Gasteiger partial charge on any atom is 0.273 e. The smallest absolute Gasteiger partial charge is 0.273 e. The predicted octanol–water partition coefficient (Wildman–Crippen LogP) is 4.09. The second-order valence-corrected chi connectivity index (χ2v) is 6.49. The van der Waals surface area contributed by atoms with Gasteiger partial charge in [0.2, 0.25) is 0 Å². The second-order valence-electron chi connectivity index (χ2n) is 5.22. The lowest BCUT2D eigenvalue weighted by Gasteiger charge is -2.25. The Morgan fingerprint density at radius 2 is 1.92 bits per heavy atom. The molecule has 1 aromatic carbocycles. The van der Waals surface area contributed by atoms with Crippen LogP contribution in [0.15, 0.2) is 48.1 Å². The van der Waals surface area contributed by atoms with Crippen LogP contribution in [0.5, 0.6) is 0 Å². The summed E-state index contributed by atoms with van der Waals surface area (Å²) in [6.07, 6.45) is 3.30. The zero-order chi connectivity index (χ0) is 17.1. The van der Waals surface area contributed by atoms with Crippen LogP contribution in [-0.4, -0.2) is 32.8 Å². The Labute approximate surface area is 149 Å². The lowest BCUT2D eigenvalue weighted by molar-refractivity contribution is 0.0737. The van der Waals surface area contributed by atoms with Crippen molar-refractivity contribution in [1.82, 2.24) is 19.9 Å². The topological polar surface area (TPSA) is 59.0 Å². The first-order valence-electron chi connectivity index (χ1n) is 7.32. The van der Waals surface area contributed by atoms with Gasteiger partial charge in [-0.2, -0.15) is 0 Å². The first kappa shape index (κ1) is 16.5. The van der Waals surface area contributed by atoms with Gasteiger partial charge >= 0.3 is 0 Å². The average Bonchev–Trinajstić information content (AvgIpc) is 3.11. The first-order valence-corrected chi connectivity index (χ1v) is 8.58. The van der Waals surface area contributed by atoms with Crippen molar-refractivity contribution in [2.75, 3.05) is 7.05 Å². The Bertz CT molecular complexity index is 853. The van der Waals surface area contributed by atoms with Crippen molar-refractivity contribution in [2.24, 2.45) is 0 Å². The number of rotatable bonds is 4. The van der Waals surface area contributed by atoms with Crippen LogP contribution in [-0.2, 0) is 0 Å². The average molecular weight is 359 g/mol. The normalized spacial score (nSPS) is 12.0. The van der Waals surface area contributed by atoms with E-state index < -0.39 is 0 Å². The van der Waals surface area contributed by atoms with E-state index in [9.17, 15) is 4.79 Å². The molecule has 1 amide bonds. The van der Waals surface area contributed by atoms with Gasteiger partial charge in [0.25, 0.3) is 5.91 Å². The summed E-state index contributed by atoms with van der Waals surface area (Å²) in [6, 6.07) is 9.09. The molecule has 1 unspecified atom stereocenters. The van der Waals surface area contributed by atoms with Crippen molar-refractivity contribution in [3.8, 4) is 10.8 Å². The fraction of sp³-hybridized carbons (Fsp3) is 0.176. The fourth-order valence-corrected chi connectivity index (χ4v) is 3.30. The van der Waals surface area contributed by atoms with Crippen LogP contribution in [0.25, 0.3) is 10.8 Å². The van der Waals surface area contributed by atoms with E-state index in [0.29, 0.717) is 21.5 Å². The number of carbonyl (C=O) groups excluding carboxylic acids is 1. The van der Waals surface area contributed by atoms with Crippen molar-refractivity contribution in [2.45, 2.75) is 13.0 Å². The molecule has 0 aliphatic rings. The highest BCUT2D eigenvalue weighted by atomic mass is 35.5. The maximum atomic E-state index is 12.7. The largest absolute Gasteiger partial charge is 0.334 e. The SMILES string of the molecule is CC(c1ccccc1Cl)N(C)C(=O)c1csc(-c2ncccn2)n1. The molecule has 24 heavy (non-hydrogen) atoms. The van der Waals surface area contributed by atoms with Crippen LogP contribution < -0.4 is 0 Å². The molecule has 7 heteroatoms. The Morgan fingerprint density at radius 1 is 1.21 bits per heavy atom. The van der Waals surface area contributed by atoms with E-state index in [-0.39, 0.29) is 11.9 Å². The number of amides is 1. The summed E-state index contributed by atoms with van der Waals surface area (Å²) in [5.41, 5.74) is 1.28. The Hall–Kier alpha value is -2.31. The molecule has 0 aliphatic heterocycles. The number of thiazole rings is 1. The minimum Gasteiger partial charge on any atom is -0.334 e. The van der Waals surface area contributed by atoms with E-state index in [0.717, 1.165) is 5.56 Å². The van der Waals surface area contributed by atoms with Gasteiger partial charge in [0, 0.05) is 29.8 Å². The van der Waals surface area contributed by atoms with Crippen LogP contribution in [0.4, 0.5) is 0 Å².